The van der Waals surface area contributed by atoms with Crippen molar-refractivity contribution >= 4 is 17.2 Å². The minimum absolute atomic E-state index is 0.104. The van der Waals surface area contributed by atoms with Crippen LogP contribution < -0.4 is 5.32 Å². The normalized spacial score (nSPS) is 11.8. The summed E-state index contributed by atoms with van der Waals surface area (Å²) in [6.45, 7) is 5.32. The van der Waals surface area contributed by atoms with Crippen molar-refractivity contribution in [2.45, 2.75) is 20.4 Å². The van der Waals surface area contributed by atoms with Gasteiger partial charge in [-0.25, -0.2) is 4.98 Å². The first-order valence-corrected chi connectivity index (χ1v) is 9.05. The number of aryl methyl sites for hydroxylation is 1. The average Bonchev–Trinajstić information content (AvgIpc) is 3.10. The topological polar surface area (TPSA) is 90.1 Å². The molecule has 0 fully saturated rings. The fourth-order valence-electron chi connectivity index (χ4n) is 3.01. The number of ketones is 1. The van der Waals surface area contributed by atoms with Crippen LogP contribution in [-0.4, -0.2) is 26.8 Å². The lowest BCUT2D eigenvalue weighted by Gasteiger charge is -2.15. The monoisotopic (exact) mass is 378 g/mol. The Balaban J connectivity index is 1.73. The van der Waals surface area contributed by atoms with Crippen molar-refractivity contribution in [1.29, 1.82) is 0 Å². The van der Waals surface area contributed by atoms with E-state index in [9.17, 15) is 14.9 Å². The summed E-state index contributed by atoms with van der Waals surface area (Å²) in [6, 6.07) is 13.3. The van der Waals surface area contributed by atoms with Gasteiger partial charge in [-0.3, -0.25) is 14.9 Å². The van der Waals surface area contributed by atoms with E-state index in [1.807, 2.05) is 23.8 Å². The quantitative estimate of drug-likeness (QED) is 0.362. The van der Waals surface area contributed by atoms with Crippen molar-refractivity contribution in [3.05, 3.63) is 88.0 Å². The van der Waals surface area contributed by atoms with Gasteiger partial charge in [-0.05, 0) is 25.0 Å². The Kier molecular flexibility index (Phi) is 5.84. The highest BCUT2D eigenvalue weighted by Crippen LogP contribution is 2.27. The Morgan fingerprint density at radius 1 is 1.21 bits per heavy atom. The number of benzene rings is 2. The second-order valence-corrected chi connectivity index (χ2v) is 6.80. The molecule has 0 aliphatic heterocycles. The summed E-state index contributed by atoms with van der Waals surface area (Å²) in [6.07, 6.45) is 3.67. The summed E-state index contributed by atoms with van der Waals surface area (Å²) in [5.74, 6) is 0.930. The molecule has 2 aromatic carbocycles. The fraction of sp³-hybridized carbons (Fsp3) is 0.238. The van der Waals surface area contributed by atoms with Crippen LogP contribution in [-0.2, 0) is 6.54 Å². The first-order chi connectivity index (χ1) is 13.5. The molecule has 7 heteroatoms. The van der Waals surface area contributed by atoms with E-state index in [1.165, 1.54) is 6.07 Å². The van der Waals surface area contributed by atoms with Crippen LogP contribution in [0, 0.1) is 23.0 Å². The zero-order chi connectivity index (χ0) is 20.1. The molecule has 28 heavy (non-hydrogen) atoms. The zero-order valence-corrected chi connectivity index (χ0v) is 15.8. The molecule has 0 saturated heterocycles. The molecule has 7 nitrogen and oxygen atoms in total. The summed E-state index contributed by atoms with van der Waals surface area (Å²) in [4.78, 5) is 27.8. The molecule has 0 radical (unpaired) electrons. The number of anilines is 1. The van der Waals surface area contributed by atoms with Gasteiger partial charge < -0.3 is 9.88 Å². The summed E-state index contributed by atoms with van der Waals surface area (Å²) in [7, 11) is 0. The number of nitro groups is 1. The number of hydrogen-bond donors (Lipinski definition) is 1. The molecule has 3 rings (SSSR count). The molecule has 0 saturated carbocycles. The molecule has 3 aromatic rings. The van der Waals surface area contributed by atoms with Crippen molar-refractivity contribution in [3.63, 3.8) is 0 Å². The predicted molar refractivity (Wildman–Crippen MR) is 108 cm³/mol. The van der Waals surface area contributed by atoms with E-state index in [0.29, 0.717) is 23.4 Å². The van der Waals surface area contributed by atoms with E-state index in [1.54, 1.807) is 42.6 Å². The first-order valence-electron chi connectivity index (χ1n) is 9.05. The highest BCUT2D eigenvalue weighted by molar-refractivity contribution is 6.09. The average molecular weight is 378 g/mol. The Hall–Kier alpha value is -3.48. The Morgan fingerprint density at radius 2 is 1.96 bits per heavy atom. The first kappa shape index (κ1) is 19.3. The largest absolute Gasteiger partial charge is 0.379 e. The molecule has 1 N–H and O–H groups in total. The number of nitrogens with zero attached hydrogens (tertiary/aromatic N) is 3. The maximum atomic E-state index is 12.6. The smallest absolute Gasteiger partial charge is 0.293 e. The predicted octanol–water partition coefficient (Wildman–Crippen LogP) is 4.08. The second kappa shape index (κ2) is 8.47. The van der Waals surface area contributed by atoms with E-state index in [-0.39, 0.29) is 17.4 Å². The molecule has 0 spiro atoms. The van der Waals surface area contributed by atoms with E-state index in [0.717, 1.165) is 12.4 Å². The molecular weight excluding hydrogens is 356 g/mol. The minimum atomic E-state index is -0.464. The van der Waals surface area contributed by atoms with Crippen LogP contribution in [0.5, 0.6) is 0 Å². The van der Waals surface area contributed by atoms with Crippen molar-refractivity contribution in [1.82, 2.24) is 9.55 Å². The number of imidazole rings is 1. The van der Waals surface area contributed by atoms with Gasteiger partial charge in [0.25, 0.3) is 5.69 Å². The molecule has 144 valence electrons. The molecule has 0 unspecified atom stereocenters. The van der Waals surface area contributed by atoms with Crippen LogP contribution in [0.1, 0.15) is 28.7 Å². The Bertz CT molecular complexity index is 982. The van der Waals surface area contributed by atoms with Crippen LogP contribution in [0.4, 0.5) is 11.4 Å². The summed E-state index contributed by atoms with van der Waals surface area (Å²) < 4.78 is 2.04. The highest BCUT2D eigenvalue weighted by atomic mass is 16.6. The third-order valence-electron chi connectivity index (χ3n) is 4.57. The number of aromatic nitrogens is 2. The molecule has 0 aliphatic rings. The third-order valence-corrected chi connectivity index (χ3v) is 4.57. The molecule has 0 bridgehead atoms. The van der Waals surface area contributed by atoms with Crippen molar-refractivity contribution in [2.24, 2.45) is 5.92 Å². The number of carbonyl (C=O) groups excluding carboxylic acids is 1. The summed E-state index contributed by atoms with van der Waals surface area (Å²) in [5, 5.41) is 14.7. The van der Waals surface area contributed by atoms with Gasteiger partial charge in [0.2, 0.25) is 0 Å². The number of nitrogens with one attached hydrogen (secondary N) is 1. The van der Waals surface area contributed by atoms with E-state index in [4.69, 9.17) is 0 Å². The highest BCUT2D eigenvalue weighted by Gasteiger charge is 2.19. The lowest BCUT2D eigenvalue weighted by molar-refractivity contribution is -0.384. The minimum Gasteiger partial charge on any atom is -0.379 e. The Morgan fingerprint density at radius 3 is 2.61 bits per heavy atom. The second-order valence-electron chi connectivity index (χ2n) is 6.80. The Labute approximate surface area is 163 Å². The van der Waals surface area contributed by atoms with Gasteiger partial charge in [0.15, 0.2) is 5.78 Å². The number of rotatable bonds is 8. The van der Waals surface area contributed by atoms with Gasteiger partial charge >= 0.3 is 0 Å². The number of hydrogen-bond acceptors (Lipinski definition) is 5. The molecule has 1 aromatic heterocycles. The number of nitro benzene ring substituents is 1. The van der Waals surface area contributed by atoms with Gasteiger partial charge in [-0.1, -0.05) is 37.3 Å². The van der Waals surface area contributed by atoms with Gasteiger partial charge in [0.05, 0.1) is 4.92 Å². The van der Waals surface area contributed by atoms with Crippen molar-refractivity contribution in [2.75, 3.05) is 11.9 Å². The lowest BCUT2D eigenvalue weighted by Crippen LogP contribution is -2.18. The summed E-state index contributed by atoms with van der Waals surface area (Å²) >= 11 is 0. The van der Waals surface area contributed by atoms with Crippen molar-refractivity contribution in [3.8, 4) is 0 Å². The van der Waals surface area contributed by atoms with E-state index < -0.39 is 4.92 Å². The lowest BCUT2D eigenvalue weighted by atomic mass is 10.0. The maximum Gasteiger partial charge on any atom is 0.293 e. The van der Waals surface area contributed by atoms with E-state index in [2.05, 4.69) is 17.2 Å². The third kappa shape index (κ3) is 4.43. The number of carbonyl (C=O) groups is 1. The van der Waals surface area contributed by atoms with Crippen LogP contribution >= 0.6 is 0 Å². The van der Waals surface area contributed by atoms with Crippen LogP contribution in [0.2, 0.25) is 0 Å². The van der Waals surface area contributed by atoms with Crippen LogP contribution in [0.15, 0.2) is 60.9 Å². The summed E-state index contributed by atoms with van der Waals surface area (Å²) in [5.41, 5.74) is 1.10. The standard InChI is InChI=1S/C21H22N4O3/c1-15(14-24-11-10-22-16(24)2)13-23-19-9-8-18(12-20(19)25(27)28)21(26)17-6-4-3-5-7-17/h3-12,15,23H,13-14H2,1-2H3/t15-/m1/s1. The molecule has 0 amide bonds. The van der Waals surface area contributed by atoms with Crippen LogP contribution in [0.3, 0.4) is 0 Å². The SMILES string of the molecule is Cc1nccn1C[C@H](C)CNc1ccc(C(=O)c2ccccc2)cc1[N+](=O)[O-]. The maximum absolute atomic E-state index is 12.6. The zero-order valence-electron chi connectivity index (χ0n) is 15.8. The van der Waals surface area contributed by atoms with Gasteiger partial charge in [-0.15, -0.1) is 0 Å². The molecule has 0 aliphatic carbocycles. The molecule has 1 heterocycles. The van der Waals surface area contributed by atoms with E-state index >= 15 is 0 Å². The molecule has 1 atom stereocenters. The molecular formula is C21H22N4O3. The van der Waals surface area contributed by atoms with Gasteiger partial charge in [0.1, 0.15) is 11.5 Å². The van der Waals surface area contributed by atoms with Crippen LogP contribution in [0.25, 0.3) is 0 Å². The fourth-order valence-corrected chi connectivity index (χ4v) is 3.01. The van der Waals surface area contributed by atoms with Gasteiger partial charge in [-0.2, -0.15) is 0 Å². The van der Waals surface area contributed by atoms with Gasteiger partial charge in [0, 0.05) is 42.7 Å². The van der Waals surface area contributed by atoms with Crippen molar-refractivity contribution < 1.29 is 9.72 Å².